The van der Waals surface area contributed by atoms with Crippen LogP contribution in [0.5, 0.6) is 0 Å². The maximum atomic E-state index is 13.9. The van der Waals surface area contributed by atoms with E-state index in [1.54, 1.807) is 31.7 Å². The molecule has 7 nitrogen and oxygen atoms in total. The summed E-state index contributed by atoms with van der Waals surface area (Å²) in [6.07, 6.45) is 3.03. The first kappa shape index (κ1) is 31.2. The molecule has 2 aromatic rings. The van der Waals surface area contributed by atoms with Gasteiger partial charge < -0.3 is 20.3 Å². The first-order valence-corrected chi connectivity index (χ1v) is 13.6. The normalized spacial score (nSPS) is 12.0. The lowest BCUT2D eigenvalue weighted by atomic mass is 9.96. The van der Waals surface area contributed by atoms with Crippen LogP contribution in [0.15, 0.2) is 36.4 Å². The fraction of sp³-hybridized carbons (Fsp3) is 0.500. The van der Waals surface area contributed by atoms with E-state index in [2.05, 4.69) is 17.6 Å². The molecule has 0 aliphatic heterocycles. The van der Waals surface area contributed by atoms with E-state index in [4.69, 9.17) is 16.3 Å². The van der Waals surface area contributed by atoms with Crippen molar-refractivity contribution in [1.29, 1.82) is 0 Å². The van der Waals surface area contributed by atoms with E-state index in [0.29, 0.717) is 17.3 Å². The van der Waals surface area contributed by atoms with E-state index >= 15 is 0 Å². The van der Waals surface area contributed by atoms with Gasteiger partial charge in [0.1, 0.15) is 18.2 Å². The predicted octanol–water partition coefficient (Wildman–Crippen LogP) is 6.88. The van der Waals surface area contributed by atoms with E-state index in [-0.39, 0.29) is 18.4 Å². The maximum absolute atomic E-state index is 13.9. The van der Waals surface area contributed by atoms with Crippen LogP contribution in [0.4, 0.5) is 10.5 Å². The maximum Gasteiger partial charge on any atom is 0.408 e. The van der Waals surface area contributed by atoms with Crippen LogP contribution in [0, 0.1) is 20.8 Å². The van der Waals surface area contributed by atoms with E-state index in [0.717, 1.165) is 47.9 Å². The van der Waals surface area contributed by atoms with Crippen LogP contribution in [0.1, 0.15) is 81.7 Å². The number of amides is 3. The van der Waals surface area contributed by atoms with Gasteiger partial charge in [-0.3, -0.25) is 9.59 Å². The molecule has 3 amide bonds. The van der Waals surface area contributed by atoms with Crippen LogP contribution in [0.2, 0.25) is 5.02 Å². The smallest absolute Gasteiger partial charge is 0.408 e. The van der Waals surface area contributed by atoms with Gasteiger partial charge in [0.05, 0.1) is 10.7 Å². The largest absolute Gasteiger partial charge is 0.444 e. The molecular weight excluding hydrogens is 502 g/mol. The number of nitrogens with zero attached hydrogens (tertiary/aromatic N) is 1. The molecule has 38 heavy (non-hydrogen) atoms. The molecule has 208 valence electrons. The highest BCUT2D eigenvalue weighted by molar-refractivity contribution is 6.34. The van der Waals surface area contributed by atoms with Gasteiger partial charge in [-0.1, -0.05) is 73.7 Å². The van der Waals surface area contributed by atoms with Crippen molar-refractivity contribution in [2.24, 2.45) is 0 Å². The van der Waals surface area contributed by atoms with E-state index in [1.807, 2.05) is 51.1 Å². The van der Waals surface area contributed by atoms with Gasteiger partial charge in [-0.15, -0.1) is 0 Å². The Labute approximate surface area is 232 Å². The van der Waals surface area contributed by atoms with Crippen LogP contribution in [0.3, 0.4) is 0 Å². The molecule has 1 unspecified atom stereocenters. The van der Waals surface area contributed by atoms with E-state index < -0.39 is 17.7 Å². The number of halogens is 1. The van der Waals surface area contributed by atoms with Crippen molar-refractivity contribution in [2.75, 3.05) is 18.4 Å². The SMILES string of the molecule is CCCCCCN(C(=O)CNC(=O)OC(C)(C)C)C(C(=O)Nc1c(C)cccc1Cl)c1ccc(C)cc1C. The Morgan fingerprint density at radius 3 is 2.32 bits per heavy atom. The Bertz CT molecular complexity index is 1110. The Kier molecular flexibility index (Phi) is 11.6. The van der Waals surface area contributed by atoms with Gasteiger partial charge in [-0.2, -0.15) is 0 Å². The van der Waals surface area contributed by atoms with Crippen molar-refractivity contribution in [3.63, 3.8) is 0 Å². The first-order valence-electron chi connectivity index (χ1n) is 13.2. The zero-order chi connectivity index (χ0) is 28.5. The summed E-state index contributed by atoms with van der Waals surface area (Å²) in [5.41, 5.74) is 3.31. The van der Waals surface area contributed by atoms with Crippen LogP contribution in [0.25, 0.3) is 0 Å². The third-order valence-corrected chi connectivity index (χ3v) is 6.42. The number of alkyl carbamates (subject to hydrolysis) is 1. The Balaban J connectivity index is 2.46. The second kappa shape index (κ2) is 14.2. The molecule has 0 heterocycles. The number of hydrogen-bond donors (Lipinski definition) is 2. The molecule has 0 saturated carbocycles. The van der Waals surface area contributed by atoms with Crippen LogP contribution < -0.4 is 10.6 Å². The summed E-state index contributed by atoms with van der Waals surface area (Å²) in [4.78, 5) is 41.4. The molecule has 0 bridgehead atoms. The van der Waals surface area contributed by atoms with Crippen molar-refractivity contribution >= 4 is 35.2 Å². The van der Waals surface area contributed by atoms with Gasteiger partial charge in [0.2, 0.25) is 5.91 Å². The number of ether oxygens (including phenoxy) is 1. The average molecular weight is 544 g/mol. The molecule has 1 atom stereocenters. The highest BCUT2D eigenvalue weighted by Crippen LogP contribution is 2.31. The third kappa shape index (κ3) is 9.35. The molecule has 2 N–H and O–H groups in total. The molecule has 0 aliphatic carbocycles. The number of rotatable bonds is 11. The highest BCUT2D eigenvalue weighted by atomic mass is 35.5. The Morgan fingerprint density at radius 2 is 1.71 bits per heavy atom. The minimum atomic E-state index is -0.916. The molecule has 0 radical (unpaired) electrons. The quantitative estimate of drug-likeness (QED) is 0.302. The lowest BCUT2D eigenvalue weighted by Gasteiger charge is -2.33. The number of carbonyl (C=O) groups is 3. The van der Waals surface area contributed by atoms with Crippen molar-refractivity contribution in [1.82, 2.24) is 10.2 Å². The number of aryl methyl sites for hydroxylation is 3. The second-order valence-electron chi connectivity index (χ2n) is 10.7. The predicted molar refractivity (Wildman–Crippen MR) is 154 cm³/mol. The van der Waals surface area contributed by atoms with Crippen molar-refractivity contribution in [3.8, 4) is 0 Å². The molecule has 0 spiro atoms. The minimum Gasteiger partial charge on any atom is -0.444 e. The van der Waals surface area contributed by atoms with Gasteiger partial charge in [0.15, 0.2) is 0 Å². The van der Waals surface area contributed by atoms with E-state index in [1.165, 1.54) is 0 Å². The topological polar surface area (TPSA) is 87.7 Å². The van der Waals surface area contributed by atoms with Gasteiger partial charge >= 0.3 is 6.09 Å². The van der Waals surface area contributed by atoms with Crippen LogP contribution >= 0.6 is 11.6 Å². The fourth-order valence-electron chi connectivity index (χ4n) is 4.24. The number of carbonyl (C=O) groups excluding carboxylic acids is 3. The molecule has 0 aliphatic rings. The summed E-state index contributed by atoms with van der Waals surface area (Å²) < 4.78 is 5.30. The van der Waals surface area contributed by atoms with Crippen molar-refractivity contribution in [3.05, 3.63) is 63.7 Å². The molecule has 0 fully saturated rings. The van der Waals surface area contributed by atoms with Crippen LogP contribution in [-0.2, 0) is 14.3 Å². The fourth-order valence-corrected chi connectivity index (χ4v) is 4.50. The molecule has 8 heteroatoms. The zero-order valence-electron chi connectivity index (χ0n) is 23.7. The summed E-state index contributed by atoms with van der Waals surface area (Å²) in [7, 11) is 0. The van der Waals surface area contributed by atoms with Crippen molar-refractivity contribution in [2.45, 2.75) is 85.8 Å². The Hall–Kier alpha value is -3.06. The lowest BCUT2D eigenvalue weighted by molar-refractivity contribution is -0.138. The number of hydrogen-bond acceptors (Lipinski definition) is 4. The van der Waals surface area contributed by atoms with Gasteiger partial charge in [-0.25, -0.2) is 4.79 Å². The van der Waals surface area contributed by atoms with Crippen molar-refractivity contribution < 1.29 is 19.1 Å². The number of nitrogens with one attached hydrogen (secondary N) is 2. The average Bonchev–Trinajstić information content (AvgIpc) is 2.81. The lowest BCUT2D eigenvalue weighted by Crippen LogP contribution is -2.47. The highest BCUT2D eigenvalue weighted by Gasteiger charge is 2.33. The number of benzene rings is 2. The number of unbranched alkanes of at least 4 members (excludes halogenated alkanes) is 3. The third-order valence-electron chi connectivity index (χ3n) is 6.11. The zero-order valence-corrected chi connectivity index (χ0v) is 24.5. The number of anilines is 1. The second-order valence-corrected chi connectivity index (χ2v) is 11.1. The van der Waals surface area contributed by atoms with Gasteiger partial charge in [0.25, 0.3) is 5.91 Å². The van der Waals surface area contributed by atoms with Gasteiger partial charge in [-0.05, 0) is 70.7 Å². The summed E-state index contributed by atoms with van der Waals surface area (Å²) >= 11 is 6.42. The summed E-state index contributed by atoms with van der Waals surface area (Å²) in [5, 5.41) is 5.95. The summed E-state index contributed by atoms with van der Waals surface area (Å²) in [6.45, 7) is 13.2. The molecule has 0 aromatic heterocycles. The molecule has 2 rings (SSSR count). The first-order chi connectivity index (χ1) is 17.8. The number of para-hydroxylation sites is 1. The molecule has 0 saturated heterocycles. The molecule has 2 aromatic carbocycles. The summed E-state index contributed by atoms with van der Waals surface area (Å²) in [6, 6.07) is 10.3. The molecular formula is C30H42ClN3O4. The standard InChI is InChI=1S/C30H42ClN3O4/c1-8-9-10-11-17-34(25(35)19-32-29(37)38-30(5,6)7)27(23-16-15-20(2)18-22(23)4)28(36)33-26-21(3)13-12-14-24(26)31/h12-16,18,27H,8-11,17,19H2,1-7H3,(H,32,37)(H,33,36). The minimum absolute atomic E-state index is 0.289. The Morgan fingerprint density at radius 1 is 1.00 bits per heavy atom. The van der Waals surface area contributed by atoms with Crippen LogP contribution in [-0.4, -0.2) is 41.5 Å². The van der Waals surface area contributed by atoms with E-state index in [9.17, 15) is 14.4 Å². The van der Waals surface area contributed by atoms with Gasteiger partial charge in [0, 0.05) is 6.54 Å². The monoisotopic (exact) mass is 543 g/mol. The summed E-state index contributed by atoms with van der Waals surface area (Å²) in [5.74, 6) is -0.738.